The van der Waals surface area contributed by atoms with E-state index in [1.807, 2.05) is 39.8 Å². The molecule has 1 fully saturated rings. The monoisotopic (exact) mass is 606 g/mol. The zero-order valence-corrected chi connectivity index (χ0v) is 26.0. The molecule has 1 saturated heterocycles. The number of rotatable bonds is 10. The van der Waals surface area contributed by atoms with Crippen LogP contribution in [0.4, 0.5) is 14.5 Å². The first kappa shape index (κ1) is 33.0. The van der Waals surface area contributed by atoms with Crippen molar-refractivity contribution in [3.8, 4) is 0 Å². The molecule has 1 aliphatic rings. The van der Waals surface area contributed by atoms with Crippen LogP contribution in [0.1, 0.15) is 80.2 Å². The second-order valence-corrected chi connectivity index (χ2v) is 12.4. The van der Waals surface area contributed by atoms with Gasteiger partial charge in [-0.25, -0.2) is 13.8 Å². The zero-order valence-electron chi connectivity index (χ0n) is 25.2. The molecule has 2 heterocycles. The Morgan fingerprint density at radius 1 is 1.26 bits per heavy atom. The van der Waals surface area contributed by atoms with E-state index in [1.54, 1.807) is 37.0 Å². The normalized spacial score (nSPS) is 14.9. The number of carbonyl (C=O) groups excluding carboxylic acids is 2. The third-order valence-electron chi connectivity index (χ3n) is 6.82. The van der Waals surface area contributed by atoms with Crippen molar-refractivity contribution < 1.29 is 18.4 Å². The lowest BCUT2D eigenvalue weighted by Gasteiger charge is -2.39. The number of benzene rings is 1. The number of nitrogens with two attached hydrogens (primary N) is 2. The largest absolute Gasteiger partial charge is 0.398 e. The molecule has 0 radical (unpaired) electrons. The van der Waals surface area contributed by atoms with Gasteiger partial charge in [-0.15, -0.1) is 0 Å². The highest BCUT2D eigenvalue weighted by Crippen LogP contribution is 2.33. The minimum absolute atomic E-state index is 0.0939. The quantitative estimate of drug-likeness (QED) is 0.162. The van der Waals surface area contributed by atoms with Gasteiger partial charge in [0.25, 0.3) is 12.3 Å². The van der Waals surface area contributed by atoms with E-state index in [1.165, 1.54) is 10.6 Å². The summed E-state index contributed by atoms with van der Waals surface area (Å²) in [6, 6.07) is 2.64. The first-order valence-corrected chi connectivity index (χ1v) is 14.1. The van der Waals surface area contributed by atoms with Crippen LogP contribution in [0.3, 0.4) is 0 Å². The number of anilines is 1. The molecule has 1 aromatic carbocycles. The summed E-state index contributed by atoms with van der Waals surface area (Å²) in [5, 5.41) is 3.27. The number of carbonyl (C=O) groups is 2. The van der Waals surface area contributed by atoms with E-state index in [9.17, 15) is 18.4 Å². The Kier molecular flexibility index (Phi) is 10.4. The fourth-order valence-corrected chi connectivity index (χ4v) is 5.10. The van der Waals surface area contributed by atoms with Crippen molar-refractivity contribution in [2.24, 2.45) is 10.7 Å². The predicted octanol–water partition coefficient (Wildman–Crippen LogP) is 3.90. The molecular formula is C29H41ClF2N8O2. The van der Waals surface area contributed by atoms with Crippen LogP contribution >= 0.6 is 11.6 Å². The van der Waals surface area contributed by atoms with E-state index in [2.05, 4.69) is 15.3 Å². The van der Waals surface area contributed by atoms with Gasteiger partial charge in [-0.1, -0.05) is 38.4 Å². The Morgan fingerprint density at radius 2 is 1.90 bits per heavy atom. The molecule has 230 valence electrons. The summed E-state index contributed by atoms with van der Waals surface area (Å²) in [6.07, 6.45) is 0.251. The number of nitrogens with zero attached hydrogens (tertiary/aromatic N) is 5. The molecule has 2 amide bonds. The number of nitrogen functional groups attached to an aromatic ring is 1. The van der Waals surface area contributed by atoms with Gasteiger partial charge in [0.1, 0.15) is 23.0 Å². The average molecular weight is 607 g/mol. The number of aliphatic imine (C=N–C) groups is 1. The van der Waals surface area contributed by atoms with E-state index in [4.69, 9.17) is 23.1 Å². The number of hydrogen-bond acceptors (Lipinski definition) is 6. The summed E-state index contributed by atoms with van der Waals surface area (Å²) >= 11 is 6.40. The SMILES string of the molecule is CC(C)n1c(CN=C(N)c2cc(C(C)(C)C)c(Cl)cc2N)nc(C(F)F)c1C(=O)NC1CN(C(=O)/C=C/CN(C)C)C1. The number of amidine groups is 1. The molecule has 13 heteroatoms. The molecule has 2 aromatic rings. The standard InChI is InChI=1S/C29H41ClF2N8O2/c1-16(2)40-22(13-35-27(34)18-11-19(29(3,4)5)20(30)12-21(18)33)37-24(26(31)32)25(40)28(42)36-17-14-39(15-17)23(41)9-8-10-38(6)7/h8-9,11-12,16-17,26H,10,13-15,33H2,1-7H3,(H2,34,35)(H,36,42)/b9-8+. The van der Waals surface area contributed by atoms with Gasteiger partial charge in [-0.05, 0) is 51.1 Å². The van der Waals surface area contributed by atoms with E-state index in [-0.39, 0.29) is 60.4 Å². The fourth-order valence-electron chi connectivity index (χ4n) is 4.64. The molecular weight excluding hydrogens is 566 g/mol. The molecule has 0 atom stereocenters. The summed E-state index contributed by atoms with van der Waals surface area (Å²) < 4.78 is 29.7. The minimum atomic E-state index is -2.99. The highest BCUT2D eigenvalue weighted by Gasteiger charge is 2.35. The van der Waals surface area contributed by atoms with Crippen molar-refractivity contribution in [2.45, 2.75) is 65.1 Å². The molecule has 3 rings (SSSR count). The number of likely N-dealkylation sites (tertiary alicyclic amines) is 1. The second kappa shape index (κ2) is 13.2. The van der Waals surface area contributed by atoms with E-state index in [0.717, 1.165) is 5.56 Å². The van der Waals surface area contributed by atoms with Crippen LogP contribution in [0.5, 0.6) is 0 Å². The molecule has 0 spiro atoms. The molecule has 0 saturated carbocycles. The summed E-state index contributed by atoms with van der Waals surface area (Å²) in [5.41, 5.74) is 12.9. The number of likely N-dealkylation sites (N-methyl/N-ethyl adjacent to an activating group) is 1. The molecule has 1 aliphatic heterocycles. The van der Waals surface area contributed by atoms with Crippen molar-refractivity contribution in [1.29, 1.82) is 0 Å². The van der Waals surface area contributed by atoms with Crippen molar-refractivity contribution in [3.63, 3.8) is 0 Å². The van der Waals surface area contributed by atoms with Crippen molar-refractivity contribution in [3.05, 3.63) is 57.6 Å². The number of amides is 2. The topological polar surface area (TPSA) is 135 Å². The Morgan fingerprint density at radius 3 is 2.45 bits per heavy atom. The summed E-state index contributed by atoms with van der Waals surface area (Å²) in [4.78, 5) is 37.6. The van der Waals surface area contributed by atoms with Gasteiger partial charge in [-0.3, -0.25) is 14.6 Å². The lowest BCUT2D eigenvalue weighted by atomic mass is 9.85. The van der Waals surface area contributed by atoms with Crippen LogP contribution in [-0.4, -0.2) is 76.8 Å². The van der Waals surface area contributed by atoms with Crippen molar-refractivity contribution in [2.75, 3.05) is 39.5 Å². The van der Waals surface area contributed by atoms with Crippen LogP contribution in [0.2, 0.25) is 5.02 Å². The Balaban J connectivity index is 1.83. The number of aromatic nitrogens is 2. The van der Waals surface area contributed by atoms with Gasteiger partial charge in [0, 0.05) is 48.0 Å². The molecule has 0 aliphatic carbocycles. The molecule has 1 aromatic heterocycles. The van der Waals surface area contributed by atoms with Crippen LogP contribution in [0, 0.1) is 0 Å². The summed E-state index contributed by atoms with van der Waals surface area (Å²) in [6.45, 7) is 10.6. The molecule has 5 N–H and O–H groups in total. The van der Waals surface area contributed by atoms with Gasteiger partial charge in [0.05, 0.1) is 12.6 Å². The summed E-state index contributed by atoms with van der Waals surface area (Å²) in [7, 11) is 3.79. The van der Waals surface area contributed by atoms with Gasteiger partial charge >= 0.3 is 0 Å². The van der Waals surface area contributed by atoms with Gasteiger partial charge in [0.2, 0.25) is 5.91 Å². The first-order chi connectivity index (χ1) is 19.5. The van der Waals surface area contributed by atoms with Crippen LogP contribution in [0.15, 0.2) is 29.3 Å². The Bertz CT molecular complexity index is 1370. The predicted molar refractivity (Wildman–Crippen MR) is 162 cm³/mol. The first-order valence-electron chi connectivity index (χ1n) is 13.7. The lowest BCUT2D eigenvalue weighted by Crippen LogP contribution is -2.60. The van der Waals surface area contributed by atoms with E-state index in [0.29, 0.717) is 22.8 Å². The van der Waals surface area contributed by atoms with Crippen molar-refractivity contribution in [1.82, 2.24) is 24.7 Å². The fraction of sp³-hybridized carbons (Fsp3) is 0.517. The maximum absolute atomic E-state index is 14.1. The van der Waals surface area contributed by atoms with Crippen molar-refractivity contribution >= 4 is 34.9 Å². The third-order valence-corrected chi connectivity index (χ3v) is 7.14. The highest BCUT2D eigenvalue weighted by atomic mass is 35.5. The maximum Gasteiger partial charge on any atom is 0.282 e. The maximum atomic E-state index is 14.1. The number of nitrogens with one attached hydrogen (secondary N) is 1. The smallest absolute Gasteiger partial charge is 0.282 e. The van der Waals surface area contributed by atoms with Gasteiger partial charge in [-0.2, -0.15) is 0 Å². The number of halogens is 3. The van der Waals surface area contributed by atoms with E-state index >= 15 is 0 Å². The van der Waals surface area contributed by atoms with Gasteiger partial charge < -0.3 is 31.2 Å². The van der Waals surface area contributed by atoms with Crippen LogP contribution < -0.4 is 16.8 Å². The van der Waals surface area contributed by atoms with E-state index < -0.39 is 18.0 Å². The van der Waals surface area contributed by atoms with Gasteiger partial charge in [0.15, 0.2) is 0 Å². The Hall–Kier alpha value is -3.51. The number of hydrogen-bond donors (Lipinski definition) is 3. The number of alkyl halides is 2. The minimum Gasteiger partial charge on any atom is -0.398 e. The third kappa shape index (κ3) is 7.65. The second-order valence-electron chi connectivity index (χ2n) is 12.0. The molecule has 0 bridgehead atoms. The van der Waals surface area contributed by atoms with Crippen LogP contribution in [0.25, 0.3) is 0 Å². The molecule has 0 unspecified atom stereocenters. The van der Waals surface area contributed by atoms with Crippen LogP contribution in [-0.2, 0) is 16.8 Å². The Labute approximate surface area is 250 Å². The lowest BCUT2D eigenvalue weighted by molar-refractivity contribution is -0.130. The summed E-state index contributed by atoms with van der Waals surface area (Å²) in [5.74, 6) is -0.604. The molecule has 42 heavy (non-hydrogen) atoms. The molecule has 10 nitrogen and oxygen atoms in total. The average Bonchev–Trinajstić information content (AvgIpc) is 3.23. The zero-order chi connectivity index (χ0) is 31.5. The highest BCUT2D eigenvalue weighted by molar-refractivity contribution is 6.32. The number of imidazole rings is 1.